The van der Waals surface area contributed by atoms with Crippen molar-refractivity contribution in [1.82, 2.24) is 0 Å². The Kier molecular flexibility index (Phi) is 1.71. The zero-order chi connectivity index (χ0) is 6.91. The molecule has 0 saturated heterocycles. The van der Waals surface area contributed by atoms with Crippen molar-refractivity contribution in [2.24, 2.45) is 0 Å². The van der Waals surface area contributed by atoms with Crippen molar-refractivity contribution in [3.05, 3.63) is 11.8 Å². The quantitative estimate of drug-likeness (QED) is 0.469. The highest BCUT2D eigenvalue weighted by Gasteiger charge is 2.38. The summed E-state index contributed by atoms with van der Waals surface area (Å²) in [7, 11) is 0. The fourth-order valence-corrected chi connectivity index (χ4v) is 0.885. The number of allylic oxidation sites excluding steroid dienone is 2. The minimum absolute atomic E-state index is 0.167. The van der Waals surface area contributed by atoms with Gasteiger partial charge in [0.25, 0.3) is 0 Å². The van der Waals surface area contributed by atoms with E-state index in [9.17, 15) is 0 Å². The van der Waals surface area contributed by atoms with E-state index in [2.05, 4.69) is 0 Å². The fourth-order valence-electron chi connectivity index (χ4n) is 0.664. The summed E-state index contributed by atoms with van der Waals surface area (Å²) in [5, 5.41) is 9.01. The van der Waals surface area contributed by atoms with Crippen LogP contribution in [0.3, 0.4) is 0 Å². The highest BCUT2D eigenvalue weighted by molar-refractivity contribution is 6.27. The number of halogens is 1. The van der Waals surface area contributed by atoms with E-state index in [0.29, 0.717) is 12.2 Å². The maximum atomic E-state index is 9.01. The molecule has 9 heavy (non-hydrogen) atoms. The van der Waals surface area contributed by atoms with Gasteiger partial charge >= 0.3 is 0 Å². The molecule has 1 fully saturated rings. The van der Waals surface area contributed by atoms with E-state index in [4.69, 9.17) is 16.7 Å². The predicted molar refractivity (Wildman–Crippen MR) is 38.8 cm³/mol. The fraction of sp³-hybridized carbons (Fsp3) is 0.714. The second-order valence-electron chi connectivity index (χ2n) is 2.52. The van der Waals surface area contributed by atoms with Gasteiger partial charge in [0.15, 0.2) is 0 Å². The third kappa shape index (κ3) is 1.90. The molecule has 0 radical (unpaired) electrons. The van der Waals surface area contributed by atoms with E-state index in [-0.39, 0.29) is 4.87 Å². The lowest BCUT2D eigenvalue weighted by atomic mass is 10.3. The summed E-state index contributed by atoms with van der Waals surface area (Å²) in [6.07, 6.45) is 4.47. The molecule has 0 unspecified atom stereocenters. The lowest BCUT2D eigenvalue weighted by Gasteiger charge is -1.97. The van der Waals surface area contributed by atoms with Crippen LogP contribution in [-0.2, 0) is 0 Å². The summed E-state index contributed by atoms with van der Waals surface area (Å²) < 4.78 is 0. The molecule has 0 atom stereocenters. The summed E-state index contributed by atoms with van der Waals surface area (Å²) in [4.78, 5) is -0.167. The Morgan fingerprint density at radius 3 is 2.67 bits per heavy atom. The smallest absolute Gasteiger partial charge is 0.0897 e. The Bertz CT molecular complexity index is 136. The van der Waals surface area contributed by atoms with Gasteiger partial charge in [-0.15, -0.1) is 11.6 Å². The van der Waals surface area contributed by atoms with Gasteiger partial charge in [0.05, 0.1) is 10.6 Å². The maximum Gasteiger partial charge on any atom is 0.0897 e. The molecular weight excluding hydrogens is 136 g/mol. The molecule has 0 aromatic carbocycles. The number of hydrogen-bond donors (Lipinski definition) is 1. The first-order valence-corrected chi connectivity index (χ1v) is 3.64. The molecule has 52 valence electrons. The summed E-state index contributed by atoms with van der Waals surface area (Å²) in [6.45, 7) is 1.91. The predicted octanol–water partition coefficient (Wildman–Crippen LogP) is 2.61. The van der Waals surface area contributed by atoms with Crippen molar-refractivity contribution < 1.29 is 5.11 Å². The van der Waals surface area contributed by atoms with Gasteiger partial charge in [0, 0.05) is 6.42 Å². The van der Waals surface area contributed by atoms with Crippen molar-refractivity contribution in [2.75, 3.05) is 0 Å². The molecule has 1 aliphatic carbocycles. The standard InChI is InChI=1S/C7H11ClO/c1-2-6(9)5-7(8)3-4-7/h5,9H,2-4H2,1H3/b6-5-. The van der Waals surface area contributed by atoms with Crippen LogP contribution >= 0.6 is 11.6 Å². The van der Waals surface area contributed by atoms with E-state index >= 15 is 0 Å². The first-order chi connectivity index (χ1) is 4.16. The summed E-state index contributed by atoms with van der Waals surface area (Å²) in [6, 6.07) is 0. The molecule has 2 heteroatoms. The van der Waals surface area contributed by atoms with Gasteiger partial charge in [-0.05, 0) is 18.9 Å². The van der Waals surface area contributed by atoms with E-state index in [1.54, 1.807) is 6.08 Å². The van der Waals surface area contributed by atoms with Crippen LogP contribution in [0, 0.1) is 0 Å². The Hall–Kier alpha value is -0.170. The second-order valence-corrected chi connectivity index (χ2v) is 3.28. The number of aliphatic hydroxyl groups is 1. The summed E-state index contributed by atoms with van der Waals surface area (Å²) in [5.41, 5.74) is 0. The maximum absolute atomic E-state index is 9.01. The third-order valence-electron chi connectivity index (χ3n) is 1.52. The summed E-state index contributed by atoms with van der Waals surface area (Å²) in [5.74, 6) is 0.419. The van der Waals surface area contributed by atoms with Gasteiger partial charge in [-0.2, -0.15) is 0 Å². The third-order valence-corrected chi connectivity index (χ3v) is 2.00. The van der Waals surface area contributed by atoms with Gasteiger partial charge in [-0.25, -0.2) is 0 Å². The van der Waals surface area contributed by atoms with Crippen LogP contribution in [-0.4, -0.2) is 9.98 Å². The van der Waals surface area contributed by atoms with Crippen LogP contribution < -0.4 is 0 Å². The Morgan fingerprint density at radius 2 is 2.33 bits per heavy atom. The highest BCUT2D eigenvalue weighted by atomic mass is 35.5. The minimum Gasteiger partial charge on any atom is -0.513 e. The van der Waals surface area contributed by atoms with Crippen LogP contribution in [0.15, 0.2) is 11.8 Å². The summed E-state index contributed by atoms with van der Waals surface area (Å²) >= 11 is 5.88. The number of hydrogen-bond acceptors (Lipinski definition) is 1. The molecule has 0 aromatic rings. The first-order valence-electron chi connectivity index (χ1n) is 3.26. The number of alkyl halides is 1. The number of rotatable bonds is 2. The van der Waals surface area contributed by atoms with Gasteiger partial charge < -0.3 is 5.11 Å². The van der Waals surface area contributed by atoms with Crippen molar-refractivity contribution in [3.8, 4) is 0 Å². The molecule has 0 aliphatic heterocycles. The molecule has 0 bridgehead atoms. The normalized spacial score (nSPS) is 24.0. The lowest BCUT2D eigenvalue weighted by Crippen LogP contribution is -1.92. The van der Waals surface area contributed by atoms with Gasteiger partial charge in [-0.3, -0.25) is 0 Å². The largest absolute Gasteiger partial charge is 0.513 e. The van der Waals surface area contributed by atoms with Crippen molar-refractivity contribution >= 4 is 11.6 Å². The first kappa shape index (κ1) is 6.94. The van der Waals surface area contributed by atoms with Crippen molar-refractivity contribution in [1.29, 1.82) is 0 Å². The second kappa shape index (κ2) is 2.22. The minimum atomic E-state index is -0.167. The lowest BCUT2D eigenvalue weighted by molar-refractivity contribution is 0.391. The van der Waals surface area contributed by atoms with Gasteiger partial charge in [0.1, 0.15) is 0 Å². The SMILES string of the molecule is CC/C(O)=C/C1(Cl)CC1. The Morgan fingerprint density at radius 1 is 1.78 bits per heavy atom. The molecule has 1 N–H and O–H groups in total. The molecule has 1 rings (SSSR count). The molecule has 0 heterocycles. The van der Waals surface area contributed by atoms with E-state index in [1.165, 1.54) is 0 Å². The zero-order valence-electron chi connectivity index (χ0n) is 5.52. The van der Waals surface area contributed by atoms with Crippen molar-refractivity contribution in [2.45, 2.75) is 31.1 Å². The molecule has 0 spiro atoms. The topological polar surface area (TPSA) is 20.2 Å². The van der Waals surface area contributed by atoms with Gasteiger partial charge in [-0.1, -0.05) is 6.92 Å². The average Bonchev–Trinajstić information content (AvgIpc) is 2.48. The molecule has 0 aromatic heterocycles. The molecular formula is C7H11ClO. The van der Waals surface area contributed by atoms with Crippen LogP contribution in [0.1, 0.15) is 26.2 Å². The van der Waals surface area contributed by atoms with Crippen LogP contribution in [0.2, 0.25) is 0 Å². The Labute approximate surface area is 60.3 Å². The monoisotopic (exact) mass is 146 g/mol. The van der Waals surface area contributed by atoms with Crippen LogP contribution in [0.4, 0.5) is 0 Å². The van der Waals surface area contributed by atoms with E-state index < -0.39 is 0 Å². The van der Waals surface area contributed by atoms with Crippen LogP contribution in [0.25, 0.3) is 0 Å². The van der Waals surface area contributed by atoms with Gasteiger partial charge in [0.2, 0.25) is 0 Å². The van der Waals surface area contributed by atoms with Crippen molar-refractivity contribution in [3.63, 3.8) is 0 Å². The average molecular weight is 147 g/mol. The Balaban J connectivity index is 2.46. The number of aliphatic hydroxyl groups excluding tert-OH is 1. The van der Waals surface area contributed by atoms with E-state index in [0.717, 1.165) is 12.8 Å². The molecule has 0 amide bonds. The molecule has 1 saturated carbocycles. The van der Waals surface area contributed by atoms with Crippen LogP contribution in [0.5, 0.6) is 0 Å². The van der Waals surface area contributed by atoms with E-state index in [1.807, 2.05) is 6.92 Å². The zero-order valence-corrected chi connectivity index (χ0v) is 6.28. The molecule has 1 nitrogen and oxygen atoms in total. The highest BCUT2D eigenvalue weighted by Crippen LogP contribution is 2.44. The molecule has 1 aliphatic rings.